The molecule has 1 aromatic rings. The van der Waals surface area contributed by atoms with E-state index in [1.807, 2.05) is 4.90 Å². The molecule has 0 aliphatic carbocycles. The maximum Gasteiger partial charge on any atom is 0.321 e. The standard InChI is InChI=1S/C18H23FN4O3/c19-14-11-12(17(20)25)4-5-15(14)21-18(26)22-9-6-13(7-10-22)23-8-2-1-3-16(23)24/h4-5,11,13H,1-3,6-10H2,(H2,20,25)(H,21,26). The zero-order valence-electron chi connectivity index (χ0n) is 14.5. The van der Waals surface area contributed by atoms with E-state index >= 15 is 0 Å². The SMILES string of the molecule is NC(=O)c1ccc(NC(=O)N2CCC(N3CCCCC3=O)CC2)c(F)c1. The van der Waals surface area contributed by atoms with Crippen molar-refractivity contribution in [3.05, 3.63) is 29.6 Å². The maximum absolute atomic E-state index is 14.0. The summed E-state index contributed by atoms with van der Waals surface area (Å²) < 4.78 is 14.0. The second-order valence-electron chi connectivity index (χ2n) is 6.75. The first-order valence-electron chi connectivity index (χ1n) is 8.90. The number of carbonyl (C=O) groups excluding carboxylic acids is 3. The first-order valence-corrected chi connectivity index (χ1v) is 8.90. The molecule has 4 amide bonds. The lowest BCUT2D eigenvalue weighted by Crippen LogP contribution is -2.50. The first-order chi connectivity index (χ1) is 12.5. The quantitative estimate of drug-likeness (QED) is 0.860. The van der Waals surface area contributed by atoms with E-state index < -0.39 is 11.7 Å². The van der Waals surface area contributed by atoms with E-state index in [1.54, 1.807) is 4.90 Å². The lowest BCUT2D eigenvalue weighted by molar-refractivity contribution is -0.136. The van der Waals surface area contributed by atoms with Gasteiger partial charge in [-0.2, -0.15) is 0 Å². The third-order valence-electron chi connectivity index (χ3n) is 5.05. The van der Waals surface area contributed by atoms with Crippen LogP contribution in [-0.4, -0.2) is 53.3 Å². The molecule has 7 nitrogen and oxygen atoms in total. The van der Waals surface area contributed by atoms with Gasteiger partial charge in [-0.15, -0.1) is 0 Å². The van der Waals surface area contributed by atoms with Gasteiger partial charge in [-0.25, -0.2) is 9.18 Å². The van der Waals surface area contributed by atoms with Crippen LogP contribution in [0.1, 0.15) is 42.5 Å². The van der Waals surface area contributed by atoms with Gasteiger partial charge in [0.2, 0.25) is 11.8 Å². The zero-order valence-corrected chi connectivity index (χ0v) is 14.5. The highest BCUT2D eigenvalue weighted by Gasteiger charge is 2.30. The molecule has 2 aliphatic heterocycles. The zero-order chi connectivity index (χ0) is 18.7. The Balaban J connectivity index is 1.55. The molecule has 3 N–H and O–H groups in total. The third-order valence-corrected chi connectivity index (χ3v) is 5.05. The minimum Gasteiger partial charge on any atom is -0.366 e. The van der Waals surface area contributed by atoms with Crippen molar-refractivity contribution in [3.8, 4) is 0 Å². The fraction of sp³-hybridized carbons (Fsp3) is 0.500. The van der Waals surface area contributed by atoms with Crippen LogP contribution in [0.15, 0.2) is 18.2 Å². The van der Waals surface area contributed by atoms with Crippen LogP contribution >= 0.6 is 0 Å². The number of primary amides is 1. The second-order valence-corrected chi connectivity index (χ2v) is 6.75. The highest BCUT2D eigenvalue weighted by molar-refractivity contribution is 5.94. The molecule has 0 bridgehead atoms. The Labute approximate surface area is 151 Å². The van der Waals surface area contributed by atoms with Crippen LogP contribution in [0.5, 0.6) is 0 Å². The Bertz CT molecular complexity index is 716. The van der Waals surface area contributed by atoms with E-state index in [9.17, 15) is 18.8 Å². The Morgan fingerprint density at radius 2 is 1.88 bits per heavy atom. The minimum absolute atomic E-state index is 0.00771. The van der Waals surface area contributed by atoms with Crippen molar-refractivity contribution >= 4 is 23.5 Å². The number of nitrogens with one attached hydrogen (secondary N) is 1. The van der Waals surface area contributed by atoms with Crippen LogP contribution in [0.3, 0.4) is 0 Å². The van der Waals surface area contributed by atoms with Gasteiger partial charge in [0.05, 0.1) is 5.69 Å². The molecule has 0 atom stereocenters. The average Bonchev–Trinajstić information content (AvgIpc) is 2.63. The summed E-state index contributed by atoms with van der Waals surface area (Å²) in [5, 5.41) is 2.53. The number of carbonyl (C=O) groups is 3. The molecule has 26 heavy (non-hydrogen) atoms. The van der Waals surface area contributed by atoms with Crippen molar-refractivity contribution in [2.24, 2.45) is 5.73 Å². The Kier molecular flexibility index (Phi) is 5.39. The molecular weight excluding hydrogens is 339 g/mol. The van der Waals surface area contributed by atoms with Gasteiger partial charge in [0.15, 0.2) is 0 Å². The summed E-state index contributed by atoms with van der Waals surface area (Å²) >= 11 is 0. The molecule has 3 rings (SSSR count). The van der Waals surface area contributed by atoms with Crippen LogP contribution in [0.2, 0.25) is 0 Å². The van der Waals surface area contributed by atoms with Crippen molar-refractivity contribution in [2.45, 2.75) is 38.1 Å². The van der Waals surface area contributed by atoms with E-state index in [0.29, 0.717) is 19.5 Å². The van der Waals surface area contributed by atoms with Gasteiger partial charge in [0.25, 0.3) is 0 Å². The predicted molar refractivity (Wildman–Crippen MR) is 94.1 cm³/mol. The number of nitrogens with zero attached hydrogens (tertiary/aromatic N) is 2. The summed E-state index contributed by atoms with van der Waals surface area (Å²) in [4.78, 5) is 39.0. The number of piperidine rings is 2. The van der Waals surface area contributed by atoms with Crippen LogP contribution in [0.4, 0.5) is 14.9 Å². The van der Waals surface area contributed by atoms with Crippen LogP contribution in [0, 0.1) is 5.82 Å². The van der Waals surface area contributed by atoms with Crippen molar-refractivity contribution < 1.29 is 18.8 Å². The molecule has 0 unspecified atom stereocenters. The molecule has 2 heterocycles. The van der Waals surface area contributed by atoms with E-state index in [0.717, 1.165) is 38.3 Å². The Hall–Kier alpha value is -2.64. The van der Waals surface area contributed by atoms with Crippen LogP contribution < -0.4 is 11.1 Å². The van der Waals surface area contributed by atoms with Gasteiger partial charge in [0, 0.05) is 37.7 Å². The molecule has 140 valence electrons. The monoisotopic (exact) mass is 362 g/mol. The Morgan fingerprint density at radius 3 is 2.50 bits per heavy atom. The molecule has 2 saturated heterocycles. The number of urea groups is 1. The van der Waals surface area contributed by atoms with Crippen LogP contribution in [0.25, 0.3) is 0 Å². The summed E-state index contributed by atoms with van der Waals surface area (Å²) in [7, 11) is 0. The number of hydrogen-bond acceptors (Lipinski definition) is 3. The summed E-state index contributed by atoms with van der Waals surface area (Å²) in [6, 6.07) is 3.49. The van der Waals surface area contributed by atoms with Gasteiger partial charge in [-0.3, -0.25) is 9.59 Å². The third kappa shape index (κ3) is 3.95. The normalized spacial score (nSPS) is 18.7. The maximum atomic E-state index is 14.0. The van der Waals surface area contributed by atoms with Gasteiger partial charge < -0.3 is 20.9 Å². The molecule has 0 saturated carbocycles. The van der Waals surface area contributed by atoms with Gasteiger partial charge in [-0.1, -0.05) is 0 Å². The van der Waals surface area contributed by atoms with E-state index in [-0.39, 0.29) is 29.2 Å². The number of hydrogen-bond donors (Lipinski definition) is 2. The van der Waals surface area contributed by atoms with Crippen molar-refractivity contribution in [2.75, 3.05) is 25.0 Å². The fourth-order valence-electron chi connectivity index (χ4n) is 3.56. The van der Waals surface area contributed by atoms with Gasteiger partial charge >= 0.3 is 6.03 Å². The molecule has 2 aliphatic rings. The Morgan fingerprint density at radius 1 is 1.15 bits per heavy atom. The van der Waals surface area contributed by atoms with Gasteiger partial charge in [-0.05, 0) is 43.9 Å². The fourth-order valence-corrected chi connectivity index (χ4v) is 3.56. The molecule has 1 aromatic carbocycles. The number of rotatable bonds is 3. The topological polar surface area (TPSA) is 95.7 Å². The van der Waals surface area contributed by atoms with Crippen molar-refractivity contribution in [1.82, 2.24) is 9.80 Å². The largest absolute Gasteiger partial charge is 0.366 e. The molecule has 2 fully saturated rings. The highest BCUT2D eigenvalue weighted by Crippen LogP contribution is 2.23. The summed E-state index contributed by atoms with van der Waals surface area (Å²) in [6.07, 6.45) is 4.05. The molecule has 0 spiro atoms. The molecule has 0 radical (unpaired) electrons. The number of amides is 4. The van der Waals surface area contributed by atoms with Crippen LogP contribution in [-0.2, 0) is 4.79 Å². The second kappa shape index (κ2) is 7.72. The molecule has 0 aromatic heterocycles. The van der Waals surface area contributed by atoms with E-state index in [1.165, 1.54) is 12.1 Å². The number of halogens is 1. The van der Waals surface area contributed by atoms with E-state index in [2.05, 4.69) is 5.32 Å². The highest BCUT2D eigenvalue weighted by atomic mass is 19.1. The minimum atomic E-state index is -0.726. The first kappa shape index (κ1) is 18.2. The number of anilines is 1. The number of benzene rings is 1. The van der Waals surface area contributed by atoms with Crippen molar-refractivity contribution in [1.29, 1.82) is 0 Å². The lowest BCUT2D eigenvalue weighted by Gasteiger charge is -2.40. The smallest absolute Gasteiger partial charge is 0.321 e. The van der Waals surface area contributed by atoms with Crippen molar-refractivity contribution in [3.63, 3.8) is 0 Å². The lowest BCUT2D eigenvalue weighted by atomic mass is 10.00. The summed E-state index contributed by atoms with van der Waals surface area (Å²) in [5.41, 5.74) is 5.16. The van der Waals surface area contributed by atoms with E-state index in [4.69, 9.17) is 5.73 Å². The molecular formula is C18H23FN4O3. The average molecular weight is 362 g/mol. The summed E-state index contributed by atoms with van der Waals surface area (Å²) in [5.74, 6) is -1.23. The predicted octanol–water partition coefficient (Wildman–Crippen LogP) is 1.93. The molecule has 8 heteroatoms. The number of nitrogens with two attached hydrogens (primary N) is 1. The summed E-state index contributed by atoms with van der Waals surface area (Å²) in [6.45, 7) is 1.83. The number of likely N-dealkylation sites (tertiary alicyclic amines) is 2. The van der Waals surface area contributed by atoms with Gasteiger partial charge in [0.1, 0.15) is 5.82 Å².